The van der Waals surface area contributed by atoms with Gasteiger partial charge in [-0.1, -0.05) is 0 Å². The molecule has 0 nitrogen and oxygen atoms in total. The molecule has 50 valence electrons. The second-order valence-corrected chi connectivity index (χ2v) is 2.01. The van der Waals surface area contributed by atoms with Gasteiger partial charge in [-0.2, -0.15) is 0 Å². The third-order valence-corrected chi connectivity index (χ3v) is 1.24. The Hall–Kier alpha value is -1.32. The quantitative estimate of drug-likeness (QED) is 0.510. The Morgan fingerprint density at radius 3 is 2.20 bits per heavy atom. The Balaban J connectivity index is 3.57. The van der Waals surface area contributed by atoms with Crippen LogP contribution in [-0.2, 0) is 0 Å². The van der Waals surface area contributed by atoms with Crippen molar-refractivity contribution in [1.82, 2.24) is 0 Å². The van der Waals surface area contributed by atoms with Crippen LogP contribution < -0.4 is 0 Å². The summed E-state index contributed by atoms with van der Waals surface area (Å²) >= 11 is 0. The predicted molar refractivity (Wildman–Crippen MR) is 43.8 cm³/mol. The molecule has 0 aromatic heterocycles. The fourth-order valence-corrected chi connectivity index (χ4v) is 0.644. The van der Waals surface area contributed by atoms with E-state index in [9.17, 15) is 0 Å². The molecule has 0 saturated carbocycles. The zero-order valence-electron chi connectivity index (χ0n) is 5.93. The first-order valence-electron chi connectivity index (χ1n) is 3.18. The van der Waals surface area contributed by atoms with Gasteiger partial charge in [0.1, 0.15) is 0 Å². The standard InChI is InChI=1S/C10H10/c1-4-7-9-10(6-3)8-5-2/h1-3,10H,7-9H2. The van der Waals surface area contributed by atoms with E-state index >= 15 is 0 Å². The van der Waals surface area contributed by atoms with Crippen LogP contribution in [0, 0.1) is 42.9 Å². The molecule has 0 aliphatic heterocycles. The highest BCUT2D eigenvalue weighted by molar-refractivity contribution is 5.01. The van der Waals surface area contributed by atoms with Crippen molar-refractivity contribution in [2.75, 3.05) is 0 Å². The second-order valence-electron chi connectivity index (χ2n) is 2.01. The van der Waals surface area contributed by atoms with Crippen LogP contribution in [0.3, 0.4) is 0 Å². The molecule has 10 heavy (non-hydrogen) atoms. The Bertz CT molecular complexity index is 192. The number of hydrogen-bond acceptors (Lipinski definition) is 0. The van der Waals surface area contributed by atoms with Crippen LogP contribution in [0.4, 0.5) is 0 Å². The fourth-order valence-electron chi connectivity index (χ4n) is 0.644. The van der Waals surface area contributed by atoms with E-state index in [1.165, 1.54) is 0 Å². The zero-order valence-corrected chi connectivity index (χ0v) is 5.93. The zero-order chi connectivity index (χ0) is 7.82. The fraction of sp³-hybridized carbons (Fsp3) is 0.400. The minimum atomic E-state index is 0.168. The van der Waals surface area contributed by atoms with Crippen LogP contribution in [-0.4, -0.2) is 0 Å². The third-order valence-electron chi connectivity index (χ3n) is 1.24. The van der Waals surface area contributed by atoms with Crippen molar-refractivity contribution in [1.29, 1.82) is 0 Å². The van der Waals surface area contributed by atoms with Crippen molar-refractivity contribution in [3.63, 3.8) is 0 Å². The van der Waals surface area contributed by atoms with E-state index in [1.54, 1.807) is 0 Å². The molecular weight excluding hydrogens is 120 g/mol. The molecule has 1 atom stereocenters. The third kappa shape index (κ3) is 3.65. The van der Waals surface area contributed by atoms with Crippen molar-refractivity contribution in [3.8, 4) is 37.0 Å². The van der Waals surface area contributed by atoms with Crippen molar-refractivity contribution in [2.45, 2.75) is 19.3 Å². The number of hydrogen-bond donors (Lipinski definition) is 0. The molecule has 0 radical (unpaired) electrons. The number of rotatable bonds is 3. The van der Waals surface area contributed by atoms with E-state index in [4.69, 9.17) is 19.3 Å². The van der Waals surface area contributed by atoms with E-state index in [0.29, 0.717) is 6.42 Å². The van der Waals surface area contributed by atoms with Gasteiger partial charge in [0.2, 0.25) is 0 Å². The first-order valence-corrected chi connectivity index (χ1v) is 3.18. The first kappa shape index (κ1) is 8.68. The lowest BCUT2D eigenvalue weighted by Gasteiger charge is -2.01. The van der Waals surface area contributed by atoms with Crippen LogP contribution in [0.1, 0.15) is 19.3 Å². The highest BCUT2D eigenvalue weighted by atomic mass is 14.0. The normalized spacial score (nSPS) is 10.5. The lowest BCUT2D eigenvalue weighted by molar-refractivity contribution is 0.643. The maximum Gasteiger partial charge on any atom is 0.0318 e. The topological polar surface area (TPSA) is 0 Å². The summed E-state index contributed by atoms with van der Waals surface area (Å²) in [7, 11) is 0. The molecule has 0 aromatic carbocycles. The van der Waals surface area contributed by atoms with Gasteiger partial charge in [0, 0.05) is 18.8 Å². The highest BCUT2D eigenvalue weighted by Crippen LogP contribution is 2.07. The predicted octanol–water partition coefficient (Wildman–Crippen LogP) is 1.67. The van der Waals surface area contributed by atoms with Crippen LogP contribution in [0.2, 0.25) is 0 Å². The van der Waals surface area contributed by atoms with Gasteiger partial charge in [-0.05, 0) is 6.42 Å². The summed E-state index contributed by atoms with van der Waals surface area (Å²) in [5, 5.41) is 0. The second kappa shape index (κ2) is 5.81. The van der Waals surface area contributed by atoms with Crippen molar-refractivity contribution in [2.24, 2.45) is 5.92 Å². The highest BCUT2D eigenvalue weighted by Gasteiger charge is 1.99. The molecule has 0 rings (SSSR count). The van der Waals surface area contributed by atoms with Gasteiger partial charge in [0.15, 0.2) is 0 Å². The molecule has 0 amide bonds. The summed E-state index contributed by atoms with van der Waals surface area (Å²) in [4.78, 5) is 0. The summed E-state index contributed by atoms with van der Waals surface area (Å²) < 4.78 is 0. The molecule has 0 spiro atoms. The summed E-state index contributed by atoms with van der Waals surface area (Å²) in [6.07, 6.45) is 17.5. The Labute approximate surface area is 63.0 Å². The van der Waals surface area contributed by atoms with E-state index in [0.717, 1.165) is 12.8 Å². The van der Waals surface area contributed by atoms with Crippen molar-refractivity contribution in [3.05, 3.63) is 0 Å². The minimum Gasteiger partial charge on any atom is -0.120 e. The molecule has 0 bridgehead atoms. The molecular formula is C10H10. The Kier molecular flexibility index (Phi) is 5.04. The average molecular weight is 130 g/mol. The first-order chi connectivity index (χ1) is 4.85. The van der Waals surface area contributed by atoms with Crippen LogP contribution >= 0.6 is 0 Å². The summed E-state index contributed by atoms with van der Waals surface area (Å²) in [6.45, 7) is 0. The molecule has 0 aliphatic carbocycles. The van der Waals surface area contributed by atoms with Gasteiger partial charge in [0.25, 0.3) is 0 Å². The molecule has 0 heterocycles. The van der Waals surface area contributed by atoms with Gasteiger partial charge in [-0.3, -0.25) is 0 Å². The van der Waals surface area contributed by atoms with Crippen molar-refractivity contribution >= 4 is 0 Å². The molecule has 1 unspecified atom stereocenters. The van der Waals surface area contributed by atoms with Crippen LogP contribution in [0.5, 0.6) is 0 Å². The molecule has 0 saturated heterocycles. The van der Waals surface area contributed by atoms with Gasteiger partial charge < -0.3 is 0 Å². The summed E-state index contributed by atoms with van der Waals surface area (Å²) in [5.74, 6) is 7.81. The maximum absolute atomic E-state index is 5.19. The van der Waals surface area contributed by atoms with Gasteiger partial charge >= 0.3 is 0 Å². The molecule has 0 aromatic rings. The van der Waals surface area contributed by atoms with E-state index in [-0.39, 0.29) is 5.92 Å². The van der Waals surface area contributed by atoms with Crippen LogP contribution in [0.25, 0.3) is 0 Å². The van der Waals surface area contributed by atoms with Gasteiger partial charge in [0.05, 0.1) is 0 Å². The molecule has 0 fully saturated rings. The largest absolute Gasteiger partial charge is 0.120 e. The molecule has 0 heteroatoms. The maximum atomic E-state index is 5.19. The SMILES string of the molecule is C#CCCC(C#C)CC#C. The average Bonchev–Trinajstić information content (AvgIpc) is 1.98. The monoisotopic (exact) mass is 130 g/mol. The molecule has 0 aliphatic rings. The molecule has 0 N–H and O–H groups in total. The van der Waals surface area contributed by atoms with Gasteiger partial charge in [-0.25, -0.2) is 0 Å². The van der Waals surface area contributed by atoms with E-state index < -0.39 is 0 Å². The Morgan fingerprint density at radius 2 is 1.80 bits per heavy atom. The van der Waals surface area contributed by atoms with Gasteiger partial charge in [-0.15, -0.1) is 37.0 Å². The smallest absolute Gasteiger partial charge is 0.0318 e. The van der Waals surface area contributed by atoms with Crippen LogP contribution in [0.15, 0.2) is 0 Å². The summed E-state index contributed by atoms with van der Waals surface area (Å²) in [5.41, 5.74) is 0. The number of terminal acetylenes is 3. The lowest BCUT2D eigenvalue weighted by atomic mass is 10.0. The van der Waals surface area contributed by atoms with E-state index in [2.05, 4.69) is 17.8 Å². The van der Waals surface area contributed by atoms with E-state index in [1.807, 2.05) is 0 Å². The minimum absolute atomic E-state index is 0.168. The van der Waals surface area contributed by atoms with Crippen molar-refractivity contribution < 1.29 is 0 Å². The Morgan fingerprint density at radius 1 is 1.10 bits per heavy atom. The lowest BCUT2D eigenvalue weighted by Crippen LogP contribution is -1.93. The summed E-state index contributed by atoms with van der Waals surface area (Å²) in [6, 6.07) is 0.